The van der Waals surface area contributed by atoms with E-state index in [1.54, 1.807) is 0 Å². The van der Waals surface area contributed by atoms with Gasteiger partial charge in [-0.2, -0.15) is 0 Å². The summed E-state index contributed by atoms with van der Waals surface area (Å²) in [4.78, 5) is 15.3. The average molecular weight is 439 g/mol. The molecule has 0 bridgehead atoms. The number of carbonyl (C=O) groups is 1. The minimum Gasteiger partial charge on any atom is -0.494 e. The number of hydrogen-bond acceptors (Lipinski definition) is 3. The Hall–Kier alpha value is -3.53. The van der Waals surface area contributed by atoms with Crippen molar-refractivity contribution in [3.8, 4) is 5.75 Å². The third-order valence-electron chi connectivity index (χ3n) is 6.79. The number of carbonyl (C=O) groups excluding carboxylic acids is 1. The Morgan fingerprint density at radius 2 is 1.79 bits per heavy atom. The van der Waals surface area contributed by atoms with Gasteiger partial charge in [0.05, 0.1) is 12.6 Å². The third kappa shape index (κ3) is 3.91. The SMILES string of the molecule is CCOc1ccccc1C1Nc2ccc(C(=O)N(CC)c3ccccc3)cc2C2C=CCC21. The molecular weight excluding hydrogens is 408 g/mol. The van der Waals surface area contributed by atoms with Gasteiger partial charge >= 0.3 is 0 Å². The van der Waals surface area contributed by atoms with E-state index in [-0.39, 0.29) is 17.9 Å². The molecular formula is C29H30N2O2. The Morgan fingerprint density at radius 1 is 1.00 bits per heavy atom. The highest BCUT2D eigenvalue weighted by molar-refractivity contribution is 6.06. The molecule has 3 aromatic carbocycles. The number of hydrogen-bond donors (Lipinski definition) is 1. The molecule has 0 aromatic heterocycles. The fourth-order valence-electron chi connectivity index (χ4n) is 5.27. The lowest BCUT2D eigenvalue weighted by molar-refractivity contribution is 0.0988. The summed E-state index contributed by atoms with van der Waals surface area (Å²) in [7, 11) is 0. The number of nitrogens with one attached hydrogen (secondary N) is 1. The van der Waals surface area contributed by atoms with Crippen LogP contribution in [0.1, 0.15) is 53.7 Å². The normalized spacial score (nSPS) is 20.5. The fourth-order valence-corrected chi connectivity index (χ4v) is 5.27. The first-order chi connectivity index (χ1) is 16.2. The van der Waals surface area contributed by atoms with Crippen molar-refractivity contribution in [1.29, 1.82) is 0 Å². The second-order valence-electron chi connectivity index (χ2n) is 8.63. The van der Waals surface area contributed by atoms with Crippen molar-refractivity contribution in [2.45, 2.75) is 32.2 Å². The molecule has 33 heavy (non-hydrogen) atoms. The van der Waals surface area contributed by atoms with E-state index in [4.69, 9.17) is 4.74 Å². The summed E-state index contributed by atoms with van der Waals surface area (Å²) >= 11 is 0. The molecule has 4 heteroatoms. The second kappa shape index (κ2) is 9.14. The number of para-hydroxylation sites is 2. The van der Waals surface area contributed by atoms with Gasteiger partial charge in [0.1, 0.15) is 5.75 Å². The van der Waals surface area contributed by atoms with Gasteiger partial charge in [0.25, 0.3) is 5.91 Å². The quantitative estimate of drug-likeness (QED) is 0.442. The maximum absolute atomic E-state index is 13.4. The van der Waals surface area contributed by atoms with Crippen LogP contribution < -0.4 is 15.0 Å². The van der Waals surface area contributed by atoms with E-state index < -0.39 is 0 Å². The van der Waals surface area contributed by atoms with E-state index in [0.29, 0.717) is 19.1 Å². The Bertz CT molecular complexity index is 1170. The lowest BCUT2D eigenvalue weighted by Crippen LogP contribution is -2.32. The molecule has 2 aliphatic rings. The number of fused-ring (bicyclic) bond motifs is 3. The smallest absolute Gasteiger partial charge is 0.258 e. The van der Waals surface area contributed by atoms with Crippen LogP contribution in [0.15, 0.2) is 84.9 Å². The van der Waals surface area contributed by atoms with Crippen LogP contribution >= 0.6 is 0 Å². The highest BCUT2D eigenvalue weighted by atomic mass is 16.5. The van der Waals surface area contributed by atoms with E-state index in [1.165, 1.54) is 11.1 Å². The summed E-state index contributed by atoms with van der Waals surface area (Å²) in [6.45, 7) is 5.31. The summed E-state index contributed by atoms with van der Waals surface area (Å²) in [5, 5.41) is 3.78. The standard InChI is InChI=1S/C29H30N2O2/c1-3-31(21-11-6-5-7-12-21)29(32)20-17-18-26-25(19-20)22-14-10-15-23(22)28(30-26)24-13-8-9-16-27(24)33-4-2/h5-14,16-19,22-23,28,30H,3-4,15H2,1-2H3. The molecule has 0 saturated carbocycles. The molecule has 168 valence electrons. The zero-order chi connectivity index (χ0) is 22.8. The van der Waals surface area contributed by atoms with E-state index >= 15 is 0 Å². The summed E-state index contributed by atoms with van der Waals surface area (Å²) < 4.78 is 5.95. The van der Waals surface area contributed by atoms with Gasteiger partial charge < -0.3 is 15.0 Å². The van der Waals surface area contributed by atoms with Crippen molar-refractivity contribution in [2.75, 3.05) is 23.4 Å². The van der Waals surface area contributed by atoms with Gasteiger partial charge in [-0.15, -0.1) is 0 Å². The van der Waals surface area contributed by atoms with Gasteiger partial charge in [-0.25, -0.2) is 0 Å². The predicted octanol–water partition coefficient (Wildman–Crippen LogP) is 6.58. The summed E-state index contributed by atoms with van der Waals surface area (Å²) in [5.74, 6) is 1.65. The summed E-state index contributed by atoms with van der Waals surface area (Å²) in [6, 6.07) is 24.5. The molecule has 1 aliphatic carbocycles. The van der Waals surface area contributed by atoms with Crippen molar-refractivity contribution in [3.05, 3.63) is 102 Å². The van der Waals surface area contributed by atoms with Crippen LogP contribution in [0.3, 0.4) is 0 Å². The molecule has 1 N–H and O–H groups in total. The summed E-state index contributed by atoms with van der Waals surface area (Å²) in [6.07, 6.45) is 5.59. The number of amides is 1. The van der Waals surface area contributed by atoms with Gasteiger partial charge in [-0.05, 0) is 68.1 Å². The Balaban J connectivity index is 1.49. The molecule has 0 saturated heterocycles. The Labute approximate surface area is 195 Å². The van der Waals surface area contributed by atoms with Crippen LogP contribution in [-0.4, -0.2) is 19.1 Å². The number of anilines is 2. The molecule has 1 heterocycles. The minimum absolute atomic E-state index is 0.0360. The zero-order valence-electron chi connectivity index (χ0n) is 19.2. The van der Waals surface area contributed by atoms with Gasteiger partial charge in [-0.1, -0.05) is 48.6 Å². The molecule has 3 aromatic rings. The fraction of sp³-hybridized carbons (Fsp3) is 0.276. The number of rotatable bonds is 6. The number of ether oxygens (including phenoxy) is 1. The van der Waals surface area contributed by atoms with Crippen LogP contribution in [0, 0.1) is 5.92 Å². The van der Waals surface area contributed by atoms with E-state index in [9.17, 15) is 4.79 Å². The third-order valence-corrected chi connectivity index (χ3v) is 6.79. The highest BCUT2D eigenvalue weighted by Crippen LogP contribution is 2.51. The van der Waals surface area contributed by atoms with Crippen molar-refractivity contribution in [2.24, 2.45) is 5.92 Å². The molecule has 1 amide bonds. The maximum atomic E-state index is 13.4. The number of nitrogens with zero attached hydrogens (tertiary/aromatic N) is 1. The van der Waals surface area contributed by atoms with Crippen molar-refractivity contribution < 1.29 is 9.53 Å². The Kier molecular flexibility index (Phi) is 5.91. The average Bonchev–Trinajstić information content (AvgIpc) is 3.35. The van der Waals surface area contributed by atoms with Gasteiger partial charge in [0.2, 0.25) is 0 Å². The molecule has 3 unspecified atom stereocenters. The number of allylic oxidation sites excluding steroid dienone is 2. The van der Waals surface area contributed by atoms with E-state index in [1.807, 2.05) is 61.2 Å². The highest BCUT2D eigenvalue weighted by Gasteiger charge is 2.39. The first kappa shape index (κ1) is 21.3. The lowest BCUT2D eigenvalue weighted by Gasteiger charge is -2.38. The van der Waals surface area contributed by atoms with Crippen molar-refractivity contribution >= 4 is 17.3 Å². The maximum Gasteiger partial charge on any atom is 0.258 e. The molecule has 0 radical (unpaired) electrons. The minimum atomic E-state index is 0.0360. The zero-order valence-corrected chi connectivity index (χ0v) is 19.2. The molecule has 0 spiro atoms. The van der Waals surface area contributed by atoms with Gasteiger partial charge in [0, 0.05) is 35.0 Å². The molecule has 1 aliphatic heterocycles. The largest absolute Gasteiger partial charge is 0.494 e. The van der Waals surface area contributed by atoms with Crippen molar-refractivity contribution in [3.63, 3.8) is 0 Å². The van der Waals surface area contributed by atoms with Crippen LogP contribution in [-0.2, 0) is 0 Å². The summed E-state index contributed by atoms with van der Waals surface area (Å²) in [5.41, 5.74) is 5.15. The van der Waals surface area contributed by atoms with Gasteiger partial charge in [0.15, 0.2) is 0 Å². The molecule has 5 rings (SSSR count). The molecule has 3 atom stereocenters. The first-order valence-electron chi connectivity index (χ1n) is 11.9. The van der Waals surface area contributed by atoms with Crippen molar-refractivity contribution in [1.82, 2.24) is 0 Å². The van der Waals surface area contributed by atoms with Crippen LogP contribution in [0.2, 0.25) is 0 Å². The second-order valence-corrected chi connectivity index (χ2v) is 8.63. The number of benzene rings is 3. The predicted molar refractivity (Wildman–Crippen MR) is 134 cm³/mol. The van der Waals surface area contributed by atoms with E-state index in [0.717, 1.165) is 29.1 Å². The first-order valence-corrected chi connectivity index (χ1v) is 11.9. The molecule has 0 fully saturated rings. The van der Waals surface area contributed by atoms with Crippen LogP contribution in [0.4, 0.5) is 11.4 Å². The van der Waals surface area contributed by atoms with E-state index in [2.05, 4.69) is 47.8 Å². The molecule has 4 nitrogen and oxygen atoms in total. The lowest BCUT2D eigenvalue weighted by atomic mass is 9.76. The van der Waals surface area contributed by atoms with Crippen LogP contribution in [0.25, 0.3) is 0 Å². The monoisotopic (exact) mass is 438 g/mol. The van der Waals surface area contributed by atoms with Crippen LogP contribution in [0.5, 0.6) is 5.75 Å². The Morgan fingerprint density at radius 3 is 2.58 bits per heavy atom. The van der Waals surface area contributed by atoms with Gasteiger partial charge in [-0.3, -0.25) is 4.79 Å². The topological polar surface area (TPSA) is 41.6 Å².